The van der Waals surface area contributed by atoms with Crippen molar-refractivity contribution < 1.29 is 14.4 Å². The van der Waals surface area contributed by atoms with Crippen LogP contribution >= 0.6 is 0 Å². The van der Waals surface area contributed by atoms with Gasteiger partial charge in [0.25, 0.3) is 17.7 Å². The molecule has 1 unspecified atom stereocenters. The highest BCUT2D eigenvalue weighted by molar-refractivity contribution is 6.22. The highest BCUT2D eigenvalue weighted by Gasteiger charge is 2.41. The zero-order valence-corrected chi connectivity index (χ0v) is 13.9. The number of benzene rings is 2. The normalized spacial score (nSPS) is 14.4. The first-order valence-electron chi connectivity index (χ1n) is 8.07. The number of nitrogens with zero attached hydrogens (tertiary/aromatic N) is 4. The molecule has 1 aliphatic heterocycles. The summed E-state index contributed by atoms with van der Waals surface area (Å²) in [6, 6.07) is 14.7. The number of amides is 2. The van der Waals surface area contributed by atoms with E-state index in [0.29, 0.717) is 16.8 Å². The maximum absolute atomic E-state index is 12.9. The fourth-order valence-corrected chi connectivity index (χ4v) is 3.05. The first-order valence-corrected chi connectivity index (χ1v) is 8.07. The lowest BCUT2D eigenvalue weighted by Crippen LogP contribution is -2.45. The Balaban J connectivity index is 1.68. The van der Waals surface area contributed by atoms with Gasteiger partial charge in [-0.3, -0.25) is 19.3 Å². The van der Waals surface area contributed by atoms with Crippen LogP contribution in [0.2, 0.25) is 0 Å². The molecule has 0 radical (unpaired) electrons. The summed E-state index contributed by atoms with van der Waals surface area (Å²) in [5.41, 5.74) is 1.87. The third-order valence-electron chi connectivity index (χ3n) is 4.40. The van der Waals surface area contributed by atoms with Crippen LogP contribution in [0.4, 0.5) is 0 Å². The standard InChI is InChI=1S/C19H14N4O3/c1-12(22-18(25)14-9-5-6-10-15(14)19(22)26)17(24)23-16(11-20-21-23)13-7-3-2-4-8-13/h2-12H,1H3. The molecule has 2 heterocycles. The molecule has 0 fully saturated rings. The van der Waals surface area contributed by atoms with E-state index < -0.39 is 23.8 Å². The van der Waals surface area contributed by atoms with E-state index in [4.69, 9.17) is 0 Å². The Bertz CT molecular complexity index is 991. The minimum atomic E-state index is -1.01. The Morgan fingerprint density at radius 3 is 2.12 bits per heavy atom. The van der Waals surface area contributed by atoms with E-state index in [9.17, 15) is 14.4 Å². The number of rotatable bonds is 3. The van der Waals surface area contributed by atoms with Gasteiger partial charge in [-0.05, 0) is 19.1 Å². The van der Waals surface area contributed by atoms with Crippen LogP contribution in [0, 0.1) is 0 Å². The largest absolute Gasteiger partial charge is 0.271 e. The lowest BCUT2D eigenvalue weighted by atomic mass is 10.1. The van der Waals surface area contributed by atoms with Crippen LogP contribution < -0.4 is 0 Å². The molecule has 1 aromatic heterocycles. The van der Waals surface area contributed by atoms with Gasteiger partial charge in [-0.15, -0.1) is 5.10 Å². The summed E-state index contributed by atoms with van der Waals surface area (Å²) in [6.45, 7) is 1.51. The van der Waals surface area contributed by atoms with Crippen LogP contribution in [0.1, 0.15) is 32.4 Å². The van der Waals surface area contributed by atoms with E-state index in [0.717, 1.165) is 15.1 Å². The van der Waals surface area contributed by atoms with Crippen LogP contribution in [0.15, 0.2) is 60.8 Å². The molecule has 3 aromatic rings. The van der Waals surface area contributed by atoms with Crippen molar-refractivity contribution in [2.24, 2.45) is 0 Å². The summed E-state index contributed by atoms with van der Waals surface area (Å²) >= 11 is 0. The second kappa shape index (κ2) is 6.03. The van der Waals surface area contributed by atoms with Crippen molar-refractivity contribution in [3.8, 4) is 11.3 Å². The maximum Gasteiger partial charge on any atom is 0.271 e. The van der Waals surface area contributed by atoms with Crippen molar-refractivity contribution in [2.75, 3.05) is 0 Å². The third kappa shape index (κ3) is 2.33. The fraction of sp³-hybridized carbons (Fsp3) is 0.105. The summed E-state index contributed by atoms with van der Waals surface area (Å²) < 4.78 is 1.13. The highest BCUT2D eigenvalue weighted by atomic mass is 16.2. The van der Waals surface area contributed by atoms with Gasteiger partial charge in [-0.25, -0.2) is 0 Å². The summed E-state index contributed by atoms with van der Waals surface area (Å²) in [7, 11) is 0. The van der Waals surface area contributed by atoms with Gasteiger partial charge in [-0.2, -0.15) is 4.68 Å². The van der Waals surface area contributed by atoms with Gasteiger partial charge in [-0.1, -0.05) is 47.7 Å². The topological polar surface area (TPSA) is 85.2 Å². The van der Waals surface area contributed by atoms with Gasteiger partial charge in [0.15, 0.2) is 0 Å². The number of fused-ring (bicyclic) bond motifs is 1. The van der Waals surface area contributed by atoms with Crippen LogP contribution in [-0.4, -0.2) is 43.7 Å². The molecule has 0 N–H and O–H groups in total. The van der Waals surface area contributed by atoms with Crippen LogP contribution in [0.5, 0.6) is 0 Å². The number of hydrogen-bond acceptors (Lipinski definition) is 5. The molecule has 0 bridgehead atoms. The van der Waals surface area contributed by atoms with Gasteiger partial charge in [0, 0.05) is 5.56 Å². The number of hydrogen-bond donors (Lipinski definition) is 0. The van der Waals surface area contributed by atoms with Gasteiger partial charge in [0.05, 0.1) is 23.0 Å². The molecule has 0 aliphatic carbocycles. The number of carbonyl (C=O) groups excluding carboxylic acids is 3. The zero-order valence-electron chi connectivity index (χ0n) is 13.9. The maximum atomic E-state index is 12.9. The molecule has 0 spiro atoms. The molecule has 4 rings (SSSR count). The van der Waals surface area contributed by atoms with Gasteiger partial charge >= 0.3 is 0 Å². The van der Waals surface area contributed by atoms with E-state index in [1.54, 1.807) is 24.3 Å². The molecule has 1 aliphatic rings. The van der Waals surface area contributed by atoms with Crippen molar-refractivity contribution in [1.82, 2.24) is 19.9 Å². The molecular weight excluding hydrogens is 332 g/mol. The zero-order chi connectivity index (χ0) is 18.3. The summed E-state index contributed by atoms with van der Waals surface area (Å²) in [5.74, 6) is -1.46. The molecule has 26 heavy (non-hydrogen) atoms. The SMILES string of the molecule is CC(C(=O)n1nncc1-c1ccccc1)N1C(=O)c2ccccc2C1=O. The Morgan fingerprint density at radius 2 is 1.50 bits per heavy atom. The lowest BCUT2D eigenvalue weighted by molar-refractivity contribution is 0.0523. The van der Waals surface area contributed by atoms with E-state index in [2.05, 4.69) is 10.3 Å². The summed E-state index contributed by atoms with van der Waals surface area (Å²) in [4.78, 5) is 39.1. The van der Waals surface area contributed by atoms with Crippen LogP contribution in [-0.2, 0) is 0 Å². The fourth-order valence-electron chi connectivity index (χ4n) is 3.05. The average Bonchev–Trinajstić information content (AvgIpc) is 3.26. The average molecular weight is 346 g/mol. The van der Waals surface area contributed by atoms with E-state index in [1.807, 2.05) is 30.3 Å². The molecule has 2 aromatic carbocycles. The number of aromatic nitrogens is 3. The van der Waals surface area contributed by atoms with Gasteiger partial charge in [0.1, 0.15) is 6.04 Å². The molecular formula is C19H14N4O3. The van der Waals surface area contributed by atoms with Crippen molar-refractivity contribution in [1.29, 1.82) is 0 Å². The van der Waals surface area contributed by atoms with E-state index >= 15 is 0 Å². The molecule has 1 atom stereocenters. The summed E-state index contributed by atoms with van der Waals surface area (Å²) in [5, 5.41) is 7.66. The molecule has 128 valence electrons. The first-order chi connectivity index (χ1) is 12.6. The van der Waals surface area contributed by atoms with Crippen LogP contribution in [0.3, 0.4) is 0 Å². The second-order valence-electron chi connectivity index (χ2n) is 5.94. The Labute approximate surface area is 148 Å². The van der Waals surface area contributed by atoms with E-state index in [1.165, 1.54) is 13.1 Å². The smallest absolute Gasteiger partial charge is 0.270 e. The highest BCUT2D eigenvalue weighted by Crippen LogP contribution is 2.26. The van der Waals surface area contributed by atoms with Crippen molar-refractivity contribution in [2.45, 2.75) is 13.0 Å². The Morgan fingerprint density at radius 1 is 0.923 bits per heavy atom. The summed E-state index contributed by atoms with van der Waals surface area (Å²) in [6.07, 6.45) is 1.47. The van der Waals surface area contributed by atoms with Crippen LogP contribution in [0.25, 0.3) is 11.3 Å². The minimum absolute atomic E-state index is 0.305. The lowest BCUT2D eigenvalue weighted by Gasteiger charge is -2.21. The second-order valence-corrected chi connectivity index (χ2v) is 5.94. The van der Waals surface area contributed by atoms with Crippen molar-refractivity contribution in [3.05, 3.63) is 71.9 Å². The molecule has 7 nitrogen and oxygen atoms in total. The predicted molar refractivity (Wildman–Crippen MR) is 92.5 cm³/mol. The van der Waals surface area contributed by atoms with Gasteiger partial charge < -0.3 is 0 Å². The molecule has 0 saturated heterocycles. The quantitative estimate of drug-likeness (QED) is 0.679. The molecule has 0 saturated carbocycles. The van der Waals surface area contributed by atoms with E-state index in [-0.39, 0.29) is 0 Å². The first kappa shape index (κ1) is 15.9. The predicted octanol–water partition coefficient (Wildman–Crippen LogP) is 2.27. The number of carbonyl (C=O) groups is 3. The third-order valence-corrected chi connectivity index (χ3v) is 4.40. The molecule has 2 amide bonds. The Kier molecular flexibility index (Phi) is 3.69. The van der Waals surface area contributed by atoms with Crippen molar-refractivity contribution in [3.63, 3.8) is 0 Å². The van der Waals surface area contributed by atoms with Crippen molar-refractivity contribution >= 4 is 17.7 Å². The molecule has 7 heteroatoms. The van der Waals surface area contributed by atoms with Gasteiger partial charge in [0.2, 0.25) is 0 Å². The monoisotopic (exact) mass is 346 g/mol. The Hall–Kier alpha value is -3.61. The minimum Gasteiger partial charge on any atom is -0.270 e. The number of imide groups is 1.